The van der Waals surface area contributed by atoms with E-state index in [9.17, 15) is 33.9 Å². The van der Waals surface area contributed by atoms with Gasteiger partial charge in [-0.3, -0.25) is 33.8 Å². The van der Waals surface area contributed by atoms with Crippen LogP contribution in [0.2, 0.25) is 0 Å². The molecule has 4 aromatic rings. The van der Waals surface area contributed by atoms with Gasteiger partial charge >= 0.3 is 23.9 Å². The Labute approximate surface area is 404 Å². The Morgan fingerprint density at radius 3 is 1.83 bits per heavy atom. The number of amides is 2. The van der Waals surface area contributed by atoms with E-state index in [1.807, 2.05) is 60.7 Å². The van der Waals surface area contributed by atoms with Gasteiger partial charge in [-0.15, -0.1) is 0 Å². The zero-order chi connectivity index (χ0) is 50.3. The molecule has 1 aromatic carbocycles. The molecule has 18 heteroatoms. The van der Waals surface area contributed by atoms with E-state index in [0.717, 1.165) is 78.2 Å². The number of aromatic nitrogens is 3. The van der Waals surface area contributed by atoms with E-state index in [0.29, 0.717) is 53.5 Å². The Morgan fingerprint density at radius 1 is 0.681 bits per heavy atom. The summed E-state index contributed by atoms with van der Waals surface area (Å²) in [4.78, 5) is 84.2. The van der Waals surface area contributed by atoms with Gasteiger partial charge in [-0.05, 0) is 69.0 Å². The first-order chi connectivity index (χ1) is 33.1. The summed E-state index contributed by atoms with van der Waals surface area (Å²) in [6.45, 7) is 9.90. The maximum Gasteiger partial charge on any atom is 0.303 e. The van der Waals surface area contributed by atoms with Gasteiger partial charge in [0.25, 0.3) is 5.91 Å². The fourth-order valence-corrected chi connectivity index (χ4v) is 8.29. The molecule has 4 rings (SSSR count). The van der Waals surface area contributed by atoms with Crippen LogP contribution in [0.1, 0.15) is 152 Å². The van der Waals surface area contributed by atoms with Gasteiger partial charge in [0.15, 0.2) is 12.2 Å². The molecule has 18 nitrogen and oxygen atoms in total. The first kappa shape index (κ1) is 54.9. The van der Waals surface area contributed by atoms with Crippen LogP contribution in [0.15, 0.2) is 77.6 Å². The van der Waals surface area contributed by atoms with Crippen LogP contribution in [-0.4, -0.2) is 86.9 Å². The fourth-order valence-electron chi connectivity index (χ4n) is 8.29. The molecule has 7 atom stereocenters. The number of rotatable bonds is 29. The van der Waals surface area contributed by atoms with Crippen molar-refractivity contribution in [3.63, 3.8) is 0 Å². The van der Waals surface area contributed by atoms with Crippen LogP contribution in [0.3, 0.4) is 0 Å². The average Bonchev–Trinajstić information content (AvgIpc) is 3.65. The smallest absolute Gasteiger partial charge is 0.303 e. The highest BCUT2D eigenvalue weighted by Gasteiger charge is 2.46. The number of para-hydroxylation sites is 1. The Hall–Kier alpha value is -6.69. The fraction of sp³-hybridized carbons (Fsp3) is 0.510. The van der Waals surface area contributed by atoms with Crippen molar-refractivity contribution in [1.29, 1.82) is 0 Å². The van der Waals surface area contributed by atoms with Crippen LogP contribution >= 0.6 is 0 Å². The molecule has 374 valence electrons. The van der Waals surface area contributed by atoms with Crippen molar-refractivity contribution in [1.82, 2.24) is 20.4 Å². The number of aliphatic hydroxyl groups is 1. The normalized spacial score (nSPS) is 14.1. The molecule has 0 spiro atoms. The van der Waals surface area contributed by atoms with E-state index in [-0.39, 0.29) is 18.9 Å². The number of carbonyl (C=O) groups excluding carboxylic acids is 6. The summed E-state index contributed by atoms with van der Waals surface area (Å²) in [5, 5.41) is 25.7. The summed E-state index contributed by atoms with van der Waals surface area (Å²) in [5.41, 5.74) is 3.11. The van der Waals surface area contributed by atoms with Crippen LogP contribution in [0.5, 0.6) is 0 Å². The number of aliphatic hydroxyl groups excluding tert-OH is 1. The van der Waals surface area contributed by atoms with Crippen molar-refractivity contribution in [2.45, 2.75) is 162 Å². The Kier molecular flexibility index (Phi) is 22.8. The quantitative estimate of drug-likeness (QED) is 0.0230. The van der Waals surface area contributed by atoms with E-state index >= 15 is 0 Å². The number of nitrogens with one attached hydrogen (secondary N) is 3. The minimum Gasteiger partial charge on any atom is -0.458 e. The predicted octanol–water partition coefficient (Wildman–Crippen LogP) is 7.84. The standard InChI is InChI=1S/C51H68N6O12/c1-8-41(65-34(4)58)48(66-35(5)59)49(67-36(6)60)50(68-37(7)61)51(64)54-31-21-15-13-11-9-10-12-14-16-28-43(62)55-39-25-18-17-24-38(39)46(56-42-27-20-23-30-53-42)45(40-26-19-22-29-52-40)47(63)44-32(2)57-69-33(44)3/h17-20,22-27,29-30,41,45-50,63H,8-16,21,28,31H2,1-7H3,(H,53,56)(H,54,64)(H,55,62)/t41-,45-,46+,47+,48-,49+,50-/m0/s1. The number of aryl methyl sites for hydroxylation is 2. The topological polar surface area (TPSA) is 247 Å². The van der Waals surface area contributed by atoms with Crippen molar-refractivity contribution >= 4 is 47.2 Å². The van der Waals surface area contributed by atoms with Gasteiger partial charge in [0.1, 0.15) is 17.7 Å². The third-order valence-corrected chi connectivity index (χ3v) is 11.4. The molecule has 0 fully saturated rings. The lowest BCUT2D eigenvalue weighted by Crippen LogP contribution is -2.56. The second-order valence-electron chi connectivity index (χ2n) is 16.9. The number of pyridine rings is 2. The lowest BCUT2D eigenvalue weighted by Gasteiger charge is -2.34. The highest BCUT2D eigenvalue weighted by atomic mass is 16.6. The third kappa shape index (κ3) is 17.7. The largest absolute Gasteiger partial charge is 0.458 e. The monoisotopic (exact) mass is 956 g/mol. The molecule has 0 aliphatic carbocycles. The Bertz CT molecular complexity index is 2240. The van der Waals surface area contributed by atoms with Crippen LogP contribution in [0.25, 0.3) is 0 Å². The lowest BCUT2D eigenvalue weighted by atomic mass is 9.81. The first-order valence-corrected chi connectivity index (χ1v) is 23.7. The number of carbonyl (C=O) groups is 6. The summed E-state index contributed by atoms with van der Waals surface area (Å²) >= 11 is 0. The molecule has 0 saturated carbocycles. The molecular formula is C51H68N6O12. The number of anilines is 2. The number of nitrogens with zero attached hydrogens (tertiary/aromatic N) is 3. The van der Waals surface area contributed by atoms with E-state index in [1.54, 1.807) is 33.2 Å². The minimum absolute atomic E-state index is 0.121. The third-order valence-electron chi connectivity index (χ3n) is 11.4. The van der Waals surface area contributed by atoms with Crippen molar-refractivity contribution < 1.29 is 57.3 Å². The molecule has 3 aromatic heterocycles. The van der Waals surface area contributed by atoms with Crippen LogP contribution < -0.4 is 16.0 Å². The molecule has 3 heterocycles. The zero-order valence-corrected chi connectivity index (χ0v) is 40.7. The van der Waals surface area contributed by atoms with E-state index in [2.05, 4.69) is 31.1 Å². The van der Waals surface area contributed by atoms with Gasteiger partial charge in [-0.2, -0.15) is 0 Å². The van der Waals surface area contributed by atoms with Gasteiger partial charge in [-0.1, -0.05) is 87.4 Å². The number of esters is 4. The van der Waals surface area contributed by atoms with Crippen molar-refractivity contribution in [2.24, 2.45) is 0 Å². The van der Waals surface area contributed by atoms with Crippen molar-refractivity contribution in [2.75, 3.05) is 17.2 Å². The van der Waals surface area contributed by atoms with Crippen LogP contribution in [0, 0.1) is 13.8 Å². The lowest BCUT2D eigenvalue weighted by molar-refractivity contribution is -0.199. The second-order valence-corrected chi connectivity index (χ2v) is 16.9. The maximum atomic E-state index is 13.5. The Balaban J connectivity index is 1.26. The molecule has 0 saturated heterocycles. The molecule has 2 amide bonds. The molecule has 0 aliphatic heterocycles. The number of hydrogen-bond donors (Lipinski definition) is 4. The average molecular weight is 957 g/mol. The molecule has 4 N–H and O–H groups in total. The van der Waals surface area contributed by atoms with E-state index in [1.165, 1.54) is 0 Å². The van der Waals surface area contributed by atoms with Gasteiger partial charge in [0.05, 0.1) is 23.8 Å². The summed E-state index contributed by atoms with van der Waals surface area (Å²) in [6, 6.07) is 18.0. The minimum atomic E-state index is -1.69. The van der Waals surface area contributed by atoms with Gasteiger partial charge in [0.2, 0.25) is 12.0 Å². The highest BCUT2D eigenvalue weighted by molar-refractivity contribution is 5.91. The number of ether oxygens (including phenoxy) is 4. The predicted molar refractivity (Wildman–Crippen MR) is 255 cm³/mol. The molecule has 0 unspecified atom stereocenters. The van der Waals surface area contributed by atoms with E-state index in [4.69, 9.17) is 23.5 Å². The van der Waals surface area contributed by atoms with E-state index < -0.39 is 72.3 Å². The van der Waals surface area contributed by atoms with Crippen LogP contribution in [0.4, 0.5) is 11.5 Å². The summed E-state index contributed by atoms with van der Waals surface area (Å²) in [6.07, 6.45) is 4.83. The van der Waals surface area contributed by atoms with Crippen LogP contribution in [-0.2, 0) is 47.7 Å². The SMILES string of the molecule is CC[C@H](OC(C)=O)[C@H](OC(C)=O)[C@@H](OC(C)=O)[C@H](OC(C)=O)C(=O)NCCCCCCCCCCCC(=O)Nc1ccccc1[C@@H](Nc1ccccn1)[C@H](c1ccccn1)[C@H](O)c1c(C)noc1C. The number of benzene rings is 1. The van der Waals surface area contributed by atoms with Gasteiger partial charge in [0, 0.05) is 70.0 Å². The summed E-state index contributed by atoms with van der Waals surface area (Å²) < 4.78 is 26.9. The summed E-state index contributed by atoms with van der Waals surface area (Å²) in [5.74, 6) is -3.60. The molecular weight excluding hydrogens is 889 g/mol. The maximum absolute atomic E-state index is 13.5. The molecule has 0 bridgehead atoms. The van der Waals surface area contributed by atoms with Crippen molar-refractivity contribution in [3.8, 4) is 0 Å². The molecule has 0 aliphatic rings. The zero-order valence-electron chi connectivity index (χ0n) is 40.7. The van der Waals surface area contributed by atoms with Gasteiger partial charge in [-0.25, -0.2) is 4.98 Å². The molecule has 0 radical (unpaired) electrons. The second kappa shape index (κ2) is 28.6. The Morgan fingerprint density at radius 2 is 1.26 bits per heavy atom. The highest BCUT2D eigenvalue weighted by Crippen LogP contribution is 2.45. The number of unbranched alkanes of at least 4 members (excludes halogenated alkanes) is 8. The number of hydrogen-bond acceptors (Lipinski definition) is 16. The first-order valence-electron chi connectivity index (χ1n) is 23.7. The molecule has 69 heavy (non-hydrogen) atoms. The summed E-state index contributed by atoms with van der Waals surface area (Å²) in [7, 11) is 0. The van der Waals surface area contributed by atoms with Crippen molar-refractivity contribution in [3.05, 3.63) is 101 Å². The van der Waals surface area contributed by atoms with Gasteiger partial charge < -0.3 is 44.5 Å².